The van der Waals surface area contributed by atoms with Gasteiger partial charge in [0, 0.05) is 12.8 Å². The van der Waals surface area contributed by atoms with Gasteiger partial charge in [-0.1, -0.05) is 281 Å². The lowest BCUT2D eigenvalue weighted by Gasteiger charge is -2.15. The Morgan fingerprint density at radius 3 is 0.789 bits per heavy atom. The topological polar surface area (TPSA) is 72.8 Å². The molecule has 76 heavy (non-hydrogen) atoms. The van der Waals surface area contributed by atoms with E-state index in [4.69, 9.17) is 9.47 Å². The molecule has 0 aromatic heterocycles. The average molecular weight is 1050 g/mol. The second-order valence-corrected chi connectivity index (χ2v) is 20.0. The number of aliphatic hydroxyl groups excluding tert-OH is 1. The molecule has 0 aromatic carbocycles. The minimum Gasteiger partial charge on any atom is -0.462 e. The predicted octanol–water partition coefficient (Wildman–Crippen LogP) is 21.5. The summed E-state index contributed by atoms with van der Waals surface area (Å²) < 4.78 is 10.7. The zero-order chi connectivity index (χ0) is 54.8. The fraction of sp³-hybridized carbons (Fsp3) is 0.606. The highest BCUT2D eigenvalue weighted by atomic mass is 16.6. The molecule has 0 heterocycles. The summed E-state index contributed by atoms with van der Waals surface area (Å²) in [5.74, 6) is -0.605. The van der Waals surface area contributed by atoms with Crippen LogP contribution in [0.1, 0.15) is 258 Å². The summed E-state index contributed by atoms with van der Waals surface area (Å²) in [6, 6.07) is 0. The molecule has 428 valence electrons. The molecule has 0 saturated carbocycles. The molecule has 0 aliphatic rings. The van der Waals surface area contributed by atoms with Crippen molar-refractivity contribution in [1.29, 1.82) is 0 Å². The van der Waals surface area contributed by atoms with Gasteiger partial charge >= 0.3 is 11.9 Å². The molecular formula is C71H114O5. The molecule has 0 radical (unpaired) electrons. The number of unbranched alkanes of at least 4 members (excludes halogenated alkanes) is 21. The first kappa shape index (κ1) is 71.5. The SMILES string of the molecule is CC/C=C\C/C=C\C/C=C\C/C=C\C/C=C\C/C=C\C/C=C\CCCCCCCCCCCCCC(=O)OC(CO)COC(=O)CCCCCCCCCCCC/C=C\C/C=C\C/C=C\C/C=C\C/C=C\C/C=C\CC. The van der Waals surface area contributed by atoms with E-state index in [2.05, 4.69) is 172 Å². The van der Waals surface area contributed by atoms with Crippen molar-refractivity contribution in [3.63, 3.8) is 0 Å². The first-order valence-corrected chi connectivity index (χ1v) is 31.0. The maximum atomic E-state index is 12.3. The van der Waals surface area contributed by atoms with E-state index in [0.29, 0.717) is 12.8 Å². The molecule has 5 nitrogen and oxygen atoms in total. The first-order valence-electron chi connectivity index (χ1n) is 31.0. The van der Waals surface area contributed by atoms with E-state index in [1.165, 1.54) is 109 Å². The molecule has 1 N–H and O–H groups in total. The normalized spacial score (nSPS) is 13.4. The number of carbonyl (C=O) groups excluding carboxylic acids is 2. The summed E-state index contributed by atoms with van der Waals surface area (Å²) >= 11 is 0. The Labute approximate surface area is 469 Å². The van der Waals surface area contributed by atoms with Crippen molar-refractivity contribution >= 4 is 11.9 Å². The van der Waals surface area contributed by atoms with Gasteiger partial charge in [0.15, 0.2) is 6.10 Å². The van der Waals surface area contributed by atoms with Crippen LogP contribution < -0.4 is 0 Å². The van der Waals surface area contributed by atoms with Gasteiger partial charge in [0.05, 0.1) is 6.61 Å². The van der Waals surface area contributed by atoms with Gasteiger partial charge in [-0.2, -0.15) is 0 Å². The molecular weight excluding hydrogens is 933 g/mol. The van der Waals surface area contributed by atoms with Crippen LogP contribution in [-0.2, 0) is 19.1 Å². The number of aliphatic hydroxyl groups is 1. The lowest BCUT2D eigenvalue weighted by atomic mass is 10.0. The Kier molecular flexibility index (Phi) is 61.0. The first-order chi connectivity index (χ1) is 37.6. The summed E-state index contributed by atoms with van der Waals surface area (Å²) in [5, 5.41) is 9.68. The van der Waals surface area contributed by atoms with Crippen LogP contribution in [0.2, 0.25) is 0 Å². The molecule has 1 unspecified atom stereocenters. The smallest absolute Gasteiger partial charge is 0.306 e. The predicted molar refractivity (Wildman–Crippen MR) is 334 cm³/mol. The largest absolute Gasteiger partial charge is 0.462 e. The van der Waals surface area contributed by atoms with E-state index in [0.717, 1.165) is 122 Å². The Morgan fingerprint density at radius 2 is 0.526 bits per heavy atom. The number of allylic oxidation sites excluding steroid dienone is 26. The van der Waals surface area contributed by atoms with Crippen molar-refractivity contribution in [2.75, 3.05) is 13.2 Å². The summed E-state index contributed by atoms with van der Waals surface area (Å²) in [5.41, 5.74) is 0. The maximum absolute atomic E-state index is 12.3. The van der Waals surface area contributed by atoms with E-state index >= 15 is 0 Å². The minimum absolute atomic E-state index is 0.0781. The third-order valence-corrected chi connectivity index (χ3v) is 12.8. The maximum Gasteiger partial charge on any atom is 0.306 e. The fourth-order valence-electron chi connectivity index (χ4n) is 8.25. The van der Waals surface area contributed by atoms with E-state index in [9.17, 15) is 14.7 Å². The molecule has 0 bridgehead atoms. The van der Waals surface area contributed by atoms with Crippen LogP contribution in [0.15, 0.2) is 158 Å². The van der Waals surface area contributed by atoms with Crippen molar-refractivity contribution in [3.8, 4) is 0 Å². The average Bonchev–Trinajstić information content (AvgIpc) is 3.42. The van der Waals surface area contributed by atoms with E-state index in [1.54, 1.807) is 0 Å². The van der Waals surface area contributed by atoms with Gasteiger partial charge in [0.1, 0.15) is 6.61 Å². The molecule has 0 fully saturated rings. The second kappa shape index (κ2) is 64.8. The van der Waals surface area contributed by atoms with Crippen LogP contribution in [0.4, 0.5) is 0 Å². The highest BCUT2D eigenvalue weighted by molar-refractivity contribution is 5.70. The van der Waals surface area contributed by atoms with Crippen LogP contribution in [0.5, 0.6) is 0 Å². The van der Waals surface area contributed by atoms with Crippen molar-refractivity contribution < 1.29 is 24.2 Å². The van der Waals surface area contributed by atoms with Gasteiger partial charge in [-0.25, -0.2) is 0 Å². The van der Waals surface area contributed by atoms with Gasteiger partial charge in [-0.3, -0.25) is 9.59 Å². The summed E-state index contributed by atoms with van der Waals surface area (Å²) in [4.78, 5) is 24.6. The molecule has 5 heteroatoms. The molecule has 0 aliphatic heterocycles. The number of hydrogen-bond acceptors (Lipinski definition) is 5. The minimum atomic E-state index is -0.788. The zero-order valence-electron chi connectivity index (χ0n) is 49.0. The summed E-state index contributed by atoms with van der Waals surface area (Å²) in [6.45, 7) is 3.91. The van der Waals surface area contributed by atoms with Gasteiger partial charge in [0.25, 0.3) is 0 Å². The molecule has 0 aromatic rings. The van der Waals surface area contributed by atoms with Crippen LogP contribution in [0, 0.1) is 0 Å². The Morgan fingerprint density at radius 1 is 0.303 bits per heavy atom. The molecule has 0 saturated heterocycles. The van der Waals surface area contributed by atoms with Crippen LogP contribution in [-0.4, -0.2) is 36.4 Å². The third kappa shape index (κ3) is 62.1. The lowest BCUT2D eigenvalue weighted by Crippen LogP contribution is -2.28. The molecule has 1 atom stereocenters. The van der Waals surface area contributed by atoms with Gasteiger partial charge in [-0.05, 0) is 122 Å². The number of ether oxygens (including phenoxy) is 2. The van der Waals surface area contributed by atoms with Crippen molar-refractivity contribution in [2.24, 2.45) is 0 Å². The highest BCUT2D eigenvalue weighted by Gasteiger charge is 2.16. The fourth-order valence-corrected chi connectivity index (χ4v) is 8.25. The number of esters is 2. The van der Waals surface area contributed by atoms with Crippen molar-refractivity contribution in [3.05, 3.63) is 158 Å². The molecule has 0 spiro atoms. The van der Waals surface area contributed by atoms with E-state index in [1.807, 2.05) is 0 Å². The Balaban J connectivity index is 3.56. The molecule has 0 rings (SSSR count). The lowest BCUT2D eigenvalue weighted by molar-refractivity contribution is -0.161. The monoisotopic (exact) mass is 1050 g/mol. The van der Waals surface area contributed by atoms with Gasteiger partial charge in [0.2, 0.25) is 0 Å². The van der Waals surface area contributed by atoms with Gasteiger partial charge in [-0.15, -0.1) is 0 Å². The molecule has 0 amide bonds. The van der Waals surface area contributed by atoms with Gasteiger partial charge < -0.3 is 14.6 Å². The summed E-state index contributed by atoms with van der Waals surface area (Å²) in [6.07, 6.45) is 99.4. The number of rotatable bonds is 55. The summed E-state index contributed by atoms with van der Waals surface area (Å²) in [7, 11) is 0. The van der Waals surface area contributed by atoms with Crippen LogP contribution in [0.25, 0.3) is 0 Å². The second-order valence-electron chi connectivity index (χ2n) is 20.0. The quantitative estimate of drug-likeness (QED) is 0.0373. The molecule has 0 aliphatic carbocycles. The van der Waals surface area contributed by atoms with Crippen molar-refractivity contribution in [1.82, 2.24) is 0 Å². The van der Waals surface area contributed by atoms with Crippen LogP contribution in [0.3, 0.4) is 0 Å². The number of hydrogen-bond donors (Lipinski definition) is 1. The Bertz CT molecular complexity index is 1660. The van der Waals surface area contributed by atoms with Crippen molar-refractivity contribution in [2.45, 2.75) is 264 Å². The third-order valence-electron chi connectivity index (χ3n) is 12.8. The number of carbonyl (C=O) groups is 2. The Hall–Kier alpha value is -4.48. The highest BCUT2D eigenvalue weighted by Crippen LogP contribution is 2.15. The zero-order valence-corrected chi connectivity index (χ0v) is 49.0. The standard InChI is InChI=1S/C71H114O5/c1-3-5-7-9-11-13-15-17-19-21-23-25-27-29-31-33-34-35-36-38-40-42-44-46-48-50-52-54-56-58-60-62-64-66-71(74)76-69(67-72)68-75-70(73)65-63-61-59-57-55-53-51-49-47-45-43-41-39-37-32-30-28-26-24-22-20-18-16-14-12-10-8-6-4-2/h5-8,11-14,17-20,23-26,29-32,34-35,38-41,69,72H,3-4,9-10,15-16,21-22,27-28,33,36-37,42-68H2,1-2H3/b7-5-,8-6-,13-11-,14-12-,19-17-,20-18-,25-23-,26-24-,31-29-,32-30-,35-34-,40-38-,41-39-. The van der Waals surface area contributed by atoms with Crippen LogP contribution >= 0.6 is 0 Å². The van der Waals surface area contributed by atoms with E-state index < -0.39 is 6.10 Å². The van der Waals surface area contributed by atoms with E-state index in [-0.39, 0.29) is 25.2 Å².